The van der Waals surface area contributed by atoms with E-state index in [1.807, 2.05) is 6.07 Å². The Hall–Kier alpha value is -3.26. The molecular formula is C20H16ClFN4O3. The maximum atomic E-state index is 13.3. The molecule has 4 rings (SSSR count). The number of nitrogens with zero attached hydrogens (tertiary/aromatic N) is 3. The van der Waals surface area contributed by atoms with Crippen LogP contribution in [-0.4, -0.2) is 28.5 Å². The van der Waals surface area contributed by atoms with Crippen molar-refractivity contribution in [3.8, 4) is 0 Å². The van der Waals surface area contributed by atoms with Gasteiger partial charge in [-0.15, -0.1) is 0 Å². The van der Waals surface area contributed by atoms with Gasteiger partial charge in [0.25, 0.3) is 5.91 Å². The van der Waals surface area contributed by atoms with Crippen LogP contribution in [0.5, 0.6) is 0 Å². The summed E-state index contributed by atoms with van der Waals surface area (Å²) in [4.78, 5) is 30.3. The molecule has 1 N–H and O–H groups in total. The van der Waals surface area contributed by atoms with Crippen molar-refractivity contribution in [2.75, 3.05) is 11.4 Å². The Bertz CT molecular complexity index is 1060. The molecule has 1 saturated heterocycles. The van der Waals surface area contributed by atoms with Crippen molar-refractivity contribution in [2.24, 2.45) is 0 Å². The Balaban J connectivity index is 1.41. The highest BCUT2D eigenvalue weighted by Gasteiger charge is 2.35. The quantitative estimate of drug-likeness (QED) is 0.692. The molecule has 1 atom stereocenters. The van der Waals surface area contributed by atoms with Gasteiger partial charge < -0.3 is 14.7 Å². The number of aromatic nitrogens is 2. The summed E-state index contributed by atoms with van der Waals surface area (Å²) in [7, 11) is 0. The molecule has 7 nitrogen and oxygen atoms in total. The van der Waals surface area contributed by atoms with Crippen molar-refractivity contribution in [1.29, 1.82) is 0 Å². The van der Waals surface area contributed by atoms with Crippen LogP contribution in [0.15, 0.2) is 53.1 Å². The van der Waals surface area contributed by atoms with E-state index in [4.69, 9.17) is 16.1 Å². The summed E-state index contributed by atoms with van der Waals surface area (Å²) in [5.74, 6) is -0.544. The number of benzene rings is 2. The Morgan fingerprint density at radius 1 is 1.28 bits per heavy atom. The second-order valence-corrected chi connectivity index (χ2v) is 7.00. The summed E-state index contributed by atoms with van der Waals surface area (Å²) in [5.41, 5.74) is 0.972. The van der Waals surface area contributed by atoms with Crippen LogP contribution < -0.4 is 10.2 Å². The molecule has 1 aromatic heterocycles. The standard InChI is InChI=1S/C20H16ClFN4O3/c21-15-9-14(22)6-7-16(15)26-11-13(8-18(26)27)19-24-17(29-25-19)10-23-20(28)12-4-2-1-3-5-12/h1-7,9,13H,8,10-11H2,(H,23,28). The summed E-state index contributed by atoms with van der Waals surface area (Å²) in [6.07, 6.45) is 0.184. The molecule has 1 fully saturated rings. The van der Waals surface area contributed by atoms with E-state index in [2.05, 4.69) is 15.5 Å². The maximum Gasteiger partial charge on any atom is 0.251 e. The van der Waals surface area contributed by atoms with Gasteiger partial charge in [-0.3, -0.25) is 9.59 Å². The average Bonchev–Trinajstić information content (AvgIpc) is 3.34. The third kappa shape index (κ3) is 4.12. The fourth-order valence-corrected chi connectivity index (χ4v) is 3.44. The van der Waals surface area contributed by atoms with E-state index < -0.39 is 5.82 Å². The van der Waals surface area contributed by atoms with Crippen LogP contribution in [0.2, 0.25) is 5.02 Å². The van der Waals surface area contributed by atoms with Crippen LogP contribution >= 0.6 is 11.6 Å². The minimum absolute atomic E-state index is 0.0783. The third-order valence-corrected chi connectivity index (χ3v) is 4.91. The van der Waals surface area contributed by atoms with Crippen LogP contribution in [0.1, 0.15) is 34.4 Å². The summed E-state index contributed by atoms with van der Waals surface area (Å²) < 4.78 is 18.5. The highest BCUT2D eigenvalue weighted by molar-refractivity contribution is 6.33. The van der Waals surface area contributed by atoms with E-state index >= 15 is 0 Å². The van der Waals surface area contributed by atoms with Crippen molar-refractivity contribution in [2.45, 2.75) is 18.9 Å². The lowest BCUT2D eigenvalue weighted by atomic mass is 10.1. The first kappa shape index (κ1) is 19.1. The van der Waals surface area contributed by atoms with E-state index in [-0.39, 0.29) is 41.6 Å². The molecule has 0 saturated carbocycles. The zero-order valence-corrected chi connectivity index (χ0v) is 15.9. The molecule has 9 heteroatoms. The normalized spacial score (nSPS) is 16.3. The fraction of sp³-hybridized carbons (Fsp3) is 0.200. The van der Waals surface area contributed by atoms with Gasteiger partial charge in [0.05, 0.1) is 17.3 Å². The number of carbonyl (C=O) groups excluding carboxylic acids is 2. The van der Waals surface area contributed by atoms with Crippen LogP contribution in [0.4, 0.5) is 10.1 Å². The molecule has 1 aliphatic heterocycles. The van der Waals surface area contributed by atoms with Gasteiger partial charge in [0.15, 0.2) is 5.82 Å². The molecular weight excluding hydrogens is 399 g/mol. The van der Waals surface area contributed by atoms with Crippen LogP contribution in [-0.2, 0) is 11.3 Å². The zero-order valence-electron chi connectivity index (χ0n) is 15.1. The van der Waals surface area contributed by atoms with Crippen LogP contribution in [0.3, 0.4) is 0 Å². The van der Waals surface area contributed by atoms with Crippen molar-refractivity contribution in [3.63, 3.8) is 0 Å². The van der Waals surface area contributed by atoms with E-state index in [0.29, 0.717) is 23.6 Å². The average molecular weight is 415 g/mol. The van der Waals surface area contributed by atoms with Gasteiger partial charge in [-0.2, -0.15) is 4.98 Å². The fourth-order valence-electron chi connectivity index (χ4n) is 3.17. The Morgan fingerprint density at radius 2 is 2.07 bits per heavy atom. The predicted octanol–water partition coefficient (Wildman–Crippen LogP) is 3.31. The number of rotatable bonds is 5. The molecule has 0 spiro atoms. The molecule has 148 valence electrons. The van der Waals surface area contributed by atoms with E-state index in [0.717, 1.165) is 0 Å². The Kier molecular flexibility index (Phi) is 5.26. The molecule has 29 heavy (non-hydrogen) atoms. The van der Waals surface area contributed by atoms with E-state index in [1.165, 1.54) is 23.1 Å². The lowest BCUT2D eigenvalue weighted by molar-refractivity contribution is -0.117. The number of nitrogens with one attached hydrogen (secondary N) is 1. The number of carbonyl (C=O) groups is 2. The molecule has 0 radical (unpaired) electrons. The summed E-state index contributed by atoms with van der Waals surface area (Å²) >= 11 is 6.07. The third-order valence-electron chi connectivity index (χ3n) is 4.61. The molecule has 2 aromatic carbocycles. The minimum atomic E-state index is -0.470. The lowest BCUT2D eigenvalue weighted by Crippen LogP contribution is -2.24. The SMILES string of the molecule is O=C(NCc1nc(C2CC(=O)N(c3ccc(F)cc3Cl)C2)no1)c1ccccc1. The first-order valence-electron chi connectivity index (χ1n) is 8.92. The predicted molar refractivity (Wildman–Crippen MR) is 103 cm³/mol. The number of halogens is 2. The highest BCUT2D eigenvalue weighted by Crippen LogP contribution is 2.34. The molecule has 1 aliphatic rings. The van der Waals surface area contributed by atoms with Gasteiger partial charge in [0.2, 0.25) is 11.8 Å². The molecule has 2 amide bonds. The monoisotopic (exact) mass is 414 g/mol. The van der Waals surface area contributed by atoms with Crippen molar-refractivity contribution >= 4 is 29.1 Å². The topological polar surface area (TPSA) is 88.3 Å². The number of hydrogen-bond acceptors (Lipinski definition) is 5. The van der Waals surface area contributed by atoms with Gasteiger partial charge in [-0.25, -0.2) is 4.39 Å². The Morgan fingerprint density at radius 3 is 2.83 bits per heavy atom. The second-order valence-electron chi connectivity index (χ2n) is 6.60. The van der Waals surface area contributed by atoms with Crippen molar-refractivity contribution in [3.05, 3.63) is 76.6 Å². The summed E-state index contributed by atoms with van der Waals surface area (Å²) in [6, 6.07) is 12.7. The van der Waals surface area contributed by atoms with Gasteiger partial charge in [-0.05, 0) is 30.3 Å². The van der Waals surface area contributed by atoms with Gasteiger partial charge >= 0.3 is 0 Å². The largest absolute Gasteiger partial charge is 0.343 e. The molecule has 1 unspecified atom stereocenters. The highest BCUT2D eigenvalue weighted by atomic mass is 35.5. The maximum absolute atomic E-state index is 13.3. The number of hydrogen-bond donors (Lipinski definition) is 1. The van der Waals surface area contributed by atoms with Gasteiger partial charge in [-0.1, -0.05) is 35.0 Å². The van der Waals surface area contributed by atoms with Gasteiger partial charge in [0, 0.05) is 24.4 Å². The Labute approximate surface area is 170 Å². The van der Waals surface area contributed by atoms with E-state index in [9.17, 15) is 14.0 Å². The second kappa shape index (κ2) is 8.00. The van der Waals surface area contributed by atoms with Crippen molar-refractivity contribution < 1.29 is 18.5 Å². The van der Waals surface area contributed by atoms with E-state index in [1.54, 1.807) is 24.3 Å². The van der Waals surface area contributed by atoms with Crippen LogP contribution in [0, 0.1) is 5.82 Å². The molecule has 2 heterocycles. The molecule has 3 aromatic rings. The number of amides is 2. The molecule has 0 bridgehead atoms. The first-order chi connectivity index (χ1) is 14.0. The summed E-state index contributed by atoms with van der Waals surface area (Å²) in [5, 5.41) is 6.81. The first-order valence-corrected chi connectivity index (χ1v) is 9.30. The minimum Gasteiger partial charge on any atom is -0.343 e. The molecule has 0 aliphatic carbocycles. The number of anilines is 1. The zero-order chi connectivity index (χ0) is 20.4. The smallest absolute Gasteiger partial charge is 0.251 e. The lowest BCUT2D eigenvalue weighted by Gasteiger charge is -2.17. The summed E-state index contributed by atoms with van der Waals surface area (Å²) in [6.45, 7) is 0.383. The van der Waals surface area contributed by atoms with Gasteiger partial charge in [0.1, 0.15) is 5.82 Å². The van der Waals surface area contributed by atoms with Crippen LogP contribution in [0.25, 0.3) is 0 Å². The van der Waals surface area contributed by atoms with Crippen molar-refractivity contribution in [1.82, 2.24) is 15.5 Å².